The van der Waals surface area contributed by atoms with Crippen molar-refractivity contribution >= 4 is 22.7 Å². The topological polar surface area (TPSA) is 93.1 Å². The molecule has 6 nitrogen and oxygen atoms in total. The monoisotopic (exact) mass is 330 g/mol. The van der Waals surface area contributed by atoms with Crippen LogP contribution in [0, 0.1) is 6.92 Å². The number of benzene rings is 2. The van der Waals surface area contributed by atoms with E-state index in [-0.39, 0.29) is 11.5 Å². The van der Waals surface area contributed by atoms with Gasteiger partial charge in [-0.1, -0.05) is 0 Å². The number of fused-ring (bicyclic) bond motifs is 3. The molecule has 1 atom stereocenters. The Morgan fingerprint density at radius 1 is 1.08 bits per heavy atom. The SMILES string of the molecule is CO[C@@H]1C(=O)OC(=O)C(C)(C)c2cc(O)c3cc(C)c(O)cc3c21. The summed E-state index contributed by atoms with van der Waals surface area (Å²) >= 11 is 0. The fourth-order valence-electron chi connectivity index (χ4n) is 3.08. The van der Waals surface area contributed by atoms with Gasteiger partial charge in [0.05, 0.1) is 5.41 Å². The summed E-state index contributed by atoms with van der Waals surface area (Å²) in [6, 6.07) is 4.55. The van der Waals surface area contributed by atoms with Crippen LogP contribution in [0.2, 0.25) is 0 Å². The molecule has 0 fully saturated rings. The lowest BCUT2D eigenvalue weighted by atomic mass is 9.79. The van der Waals surface area contributed by atoms with Crippen molar-refractivity contribution < 1.29 is 29.3 Å². The highest BCUT2D eigenvalue weighted by atomic mass is 16.6. The molecule has 2 N–H and O–H groups in total. The standard InChI is InChI=1S/C18H18O6/c1-8-5-9-10(6-12(8)19)14-11(7-13(9)20)18(2,3)17(22)24-16(21)15(14)23-4/h5-7,15,19-20H,1-4H3/t15-/m0/s1. The first-order valence-corrected chi connectivity index (χ1v) is 7.47. The van der Waals surface area contributed by atoms with Gasteiger partial charge in [-0.2, -0.15) is 0 Å². The van der Waals surface area contributed by atoms with Crippen LogP contribution in [0.3, 0.4) is 0 Å². The van der Waals surface area contributed by atoms with Crippen LogP contribution >= 0.6 is 0 Å². The number of phenols is 2. The molecule has 24 heavy (non-hydrogen) atoms. The largest absolute Gasteiger partial charge is 0.508 e. The van der Waals surface area contributed by atoms with E-state index in [9.17, 15) is 19.8 Å². The zero-order valence-electron chi connectivity index (χ0n) is 13.8. The molecule has 0 amide bonds. The molecule has 0 spiro atoms. The predicted octanol–water partition coefficient (Wildman–Crippen LogP) is 2.61. The molecule has 2 aromatic rings. The summed E-state index contributed by atoms with van der Waals surface area (Å²) < 4.78 is 10.2. The lowest BCUT2D eigenvalue weighted by Gasteiger charge is -2.24. The Morgan fingerprint density at radius 3 is 2.38 bits per heavy atom. The molecule has 0 aromatic heterocycles. The van der Waals surface area contributed by atoms with E-state index >= 15 is 0 Å². The van der Waals surface area contributed by atoms with Gasteiger partial charge in [-0.15, -0.1) is 0 Å². The molecule has 1 aliphatic rings. The fourth-order valence-corrected chi connectivity index (χ4v) is 3.08. The Kier molecular flexibility index (Phi) is 3.53. The number of aromatic hydroxyl groups is 2. The van der Waals surface area contributed by atoms with Crippen molar-refractivity contribution in [3.05, 3.63) is 34.9 Å². The van der Waals surface area contributed by atoms with Crippen molar-refractivity contribution in [1.82, 2.24) is 0 Å². The van der Waals surface area contributed by atoms with E-state index in [0.29, 0.717) is 27.5 Å². The quantitative estimate of drug-likeness (QED) is 0.617. The van der Waals surface area contributed by atoms with Gasteiger partial charge < -0.3 is 19.7 Å². The molecular weight excluding hydrogens is 312 g/mol. The zero-order chi connectivity index (χ0) is 17.8. The van der Waals surface area contributed by atoms with Crippen molar-refractivity contribution in [3.63, 3.8) is 0 Å². The van der Waals surface area contributed by atoms with Gasteiger partial charge in [0.1, 0.15) is 11.5 Å². The van der Waals surface area contributed by atoms with Gasteiger partial charge >= 0.3 is 11.9 Å². The summed E-state index contributed by atoms with van der Waals surface area (Å²) in [5.41, 5.74) is 0.267. The van der Waals surface area contributed by atoms with Crippen LogP contribution < -0.4 is 0 Å². The van der Waals surface area contributed by atoms with Crippen molar-refractivity contribution in [2.24, 2.45) is 0 Å². The van der Waals surface area contributed by atoms with Gasteiger partial charge in [-0.05, 0) is 55.5 Å². The number of esters is 2. The first-order valence-electron chi connectivity index (χ1n) is 7.47. The van der Waals surface area contributed by atoms with Gasteiger partial charge in [-0.25, -0.2) is 4.79 Å². The van der Waals surface area contributed by atoms with Crippen LogP contribution in [-0.4, -0.2) is 29.3 Å². The molecule has 0 aliphatic carbocycles. The summed E-state index contributed by atoms with van der Waals surface area (Å²) in [4.78, 5) is 24.6. The summed E-state index contributed by atoms with van der Waals surface area (Å²) in [7, 11) is 1.34. The number of ether oxygens (including phenoxy) is 2. The van der Waals surface area contributed by atoms with Gasteiger partial charge in [0.2, 0.25) is 0 Å². The minimum absolute atomic E-state index is 0.0203. The average molecular weight is 330 g/mol. The van der Waals surface area contributed by atoms with Crippen molar-refractivity contribution in [1.29, 1.82) is 0 Å². The molecule has 1 aliphatic heterocycles. The van der Waals surface area contributed by atoms with E-state index in [1.54, 1.807) is 26.8 Å². The Morgan fingerprint density at radius 2 is 1.75 bits per heavy atom. The molecule has 3 rings (SSSR count). The summed E-state index contributed by atoms with van der Waals surface area (Å²) in [5, 5.41) is 21.4. The number of carbonyl (C=O) groups is 2. The number of phenolic OH excluding ortho intramolecular Hbond substituents is 2. The lowest BCUT2D eigenvalue weighted by molar-refractivity contribution is -0.169. The second kappa shape index (κ2) is 5.21. The van der Waals surface area contributed by atoms with Crippen LogP contribution in [0.5, 0.6) is 11.5 Å². The minimum atomic E-state index is -1.16. The molecular formula is C18H18O6. The molecule has 0 unspecified atom stereocenters. The minimum Gasteiger partial charge on any atom is -0.508 e. The van der Waals surface area contributed by atoms with Gasteiger partial charge in [-0.3, -0.25) is 4.79 Å². The maximum absolute atomic E-state index is 12.3. The number of cyclic esters (lactones) is 2. The molecule has 6 heteroatoms. The first kappa shape index (κ1) is 16.3. The maximum Gasteiger partial charge on any atom is 0.347 e. The molecule has 0 saturated carbocycles. The zero-order valence-corrected chi connectivity index (χ0v) is 13.8. The summed E-state index contributed by atoms with van der Waals surface area (Å²) in [6.45, 7) is 4.92. The third-order valence-corrected chi connectivity index (χ3v) is 4.56. The number of rotatable bonds is 1. The third kappa shape index (κ3) is 2.14. The Labute approximate surface area is 138 Å². The van der Waals surface area contributed by atoms with Gasteiger partial charge in [0, 0.05) is 18.1 Å². The first-order chi connectivity index (χ1) is 11.2. The molecule has 0 bridgehead atoms. The number of aryl methyl sites for hydroxylation is 1. The van der Waals surface area contributed by atoms with Crippen molar-refractivity contribution in [2.45, 2.75) is 32.3 Å². The normalized spacial score (nSPS) is 19.8. The number of methoxy groups -OCH3 is 1. The van der Waals surface area contributed by atoms with E-state index in [0.717, 1.165) is 0 Å². The van der Waals surface area contributed by atoms with E-state index < -0.39 is 23.5 Å². The van der Waals surface area contributed by atoms with Gasteiger partial charge in [0.15, 0.2) is 6.10 Å². The van der Waals surface area contributed by atoms with Crippen LogP contribution in [0.15, 0.2) is 18.2 Å². The van der Waals surface area contributed by atoms with Crippen molar-refractivity contribution in [3.8, 4) is 11.5 Å². The number of carbonyl (C=O) groups excluding carboxylic acids is 2. The summed E-state index contributed by atoms with van der Waals surface area (Å²) in [5.74, 6) is -1.56. The number of hydrogen-bond donors (Lipinski definition) is 2. The predicted molar refractivity (Wildman–Crippen MR) is 85.9 cm³/mol. The third-order valence-electron chi connectivity index (χ3n) is 4.56. The van der Waals surface area contributed by atoms with Gasteiger partial charge in [0.25, 0.3) is 0 Å². The number of hydrogen-bond acceptors (Lipinski definition) is 6. The molecule has 0 saturated heterocycles. The molecule has 1 heterocycles. The van der Waals surface area contributed by atoms with Crippen LogP contribution in [0.1, 0.15) is 36.6 Å². The van der Waals surface area contributed by atoms with Crippen LogP contribution in [0.4, 0.5) is 0 Å². The summed E-state index contributed by atoms with van der Waals surface area (Å²) in [6.07, 6.45) is -1.13. The van der Waals surface area contributed by atoms with Crippen LogP contribution in [0.25, 0.3) is 10.8 Å². The Hall–Kier alpha value is -2.60. The lowest BCUT2D eigenvalue weighted by Crippen LogP contribution is -2.31. The van der Waals surface area contributed by atoms with Crippen molar-refractivity contribution in [2.75, 3.05) is 7.11 Å². The van der Waals surface area contributed by atoms with E-state index in [1.165, 1.54) is 19.2 Å². The second-order valence-corrected chi connectivity index (χ2v) is 6.49. The fraction of sp³-hybridized carbons (Fsp3) is 0.333. The highest BCUT2D eigenvalue weighted by Gasteiger charge is 2.44. The van der Waals surface area contributed by atoms with E-state index in [2.05, 4.69) is 0 Å². The Balaban J connectivity index is 2.52. The highest BCUT2D eigenvalue weighted by molar-refractivity contribution is 6.03. The Bertz CT molecular complexity index is 881. The smallest absolute Gasteiger partial charge is 0.347 e. The van der Waals surface area contributed by atoms with Crippen LogP contribution in [-0.2, 0) is 24.5 Å². The average Bonchev–Trinajstić information content (AvgIpc) is 2.57. The molecule has 2 aromatic carbocycles. The van der Waals surface area contributed by atoms with E-state index in [1.807, 2.05) is 0 Å². The molecule has 0 radical (unpaired) electrons. The molecule has 126 valence electrons. The second-order valence-electron chi connectivity index (χ2n) is 6.49. The maximum atomic E-state index is 12.3. The van der Waals surface area contributed by atoms with E-state index in [4.69, 9.17) is 9.47 Å². The highest BCUT2D eigenvalue weighted by Crippen LogP contribution is 2.45.